The van der Waals surface area contributed by atoms with E-state index >= 15 is 0 Å². The van der Waals surface area contributed by atoms with E-state index in [1.54, 1.807) is 18.2 Å². The summed E-state index contributed by atoms with van der Waals surface area (Å²) in [6, 6.07) is 6.61. The van der Waals surface area contributed by atoms with Crippen molar-refractivity contribution in [1.29, 1.82) is 0 Å². The summed E-state index contributed by atoms with van der Waals surface area (Å²) in [5.41, 5.74) is 0. The highest BCUT2D eigenvalue weighted by atomic mass is 79.9. The Bertz CT molecular complexity index is 759. The van der Waals surface area contributed by atoms with Crippen molar-refractivity contribution in [3.8, 4) is 0 Å². The van der Waals surface area contributed by atoms with Crippen LogP contribution in [0.1, 0.15) is 26.7 Å². The minimum atomic E-state index is -3.69. The highest BCUT2D eigenvalue weighted by Crippen LogP contribution is 2.28. The highest BCUT2D eigenvalue weighted by molar-refractivity contribution is 9.10. The van der Waals surface area contributed by atoms with Crippen LogP contribution < -0.4 is 0 Å². The molecular weight excluding hydrogens is 402 g/mol. The van der Waals surface area contributed by atoms with E-state index in [0.717, 1.165) is 0 Å². The second-order valence-electron chi connectivity index (χ2n) is 6.28. The van der Waals surface area contributed by atoms with Crippen molar-refractivity contribution in [2.75, 3.05) is 18.8 Å². The van der Waals surface area contributed by atoms with E-state index in [4.69, 9.17) is 0 Å². The second kappa shape index (κ2) is 7.21. The van der Waals surface area contributed by atoms with Gasteiger partial charge in [0.05, 0.1) is 15.9 Å². The molecule has 1 aromatic carbocycles. The van der Waals surface area contributed by atoms with E-state index in [1.807, 2.05) is 13.8 Å². The molecular formula is C15H22BrNO4S2. The molecule has 0 aromatic heterocycles. The van der Waals surface area contributed by atoms with E-state index in [9.17, 15) is 16.8 Å². The Morgan fingerprint density at radius 2 is 1.87 bits per heavy atom. The number of benzene rings is 1. The Labute approximate surface area is 147 Å². The van der Waals surface area contributed by atoms with E-state index in [1.165, 1.54) is 10.4 Å². The molecule has 1 aliphatic heterocycles. The molecule has 1 heterocycles. The number of rotatable bonds is 5. The van der Waals surface area contributed by atoms with Crippen molar-refractivity contribution < 1.29 is 16.8 Å². The lowest BCUT2D eigenvalue weighted by molar-refractivity contribution is 0.345. The first kappa shape index (κ1) is 18.9. The minimum absolute atomic E-state index is 0.0373. The standard InChI is InChI=1S/C15H22BrNO4S2/c1-12(2)11-22(18,19)13-6-5-9-17(10-13)23(20,21)15-8-4-3-7-14(15)16/h3-4,7-8,12-13H,5-6,9-11H2,1-2H3/t13-/m1/s1. The Morgan fingerprint density at radius 1 is 1.22 bits per heavy atom. The van der Waals surface area contributed by atoms with Gasteiger partial charge in [0.15, 0.2) is 9.84 Å². The first-order valence-corrected chi connectivity index (χ1v) is 11.6. The zero-order valence-electron chi connectivity index (χ0n) is 13.3. The van der Waals surface area contributed by atoms with Crippen LogP contribution in [-0.2, 0) is 19.9 Å². The third kappa shape index (κ3) is 4.35. The van der Waals surface area contributed by atoms with Crippen LogP contribution in [0.3, 0.4) is 0 Å². The van der Waals surface area contributed by atoms with Gasteiger partial charge in [0.1, 0.15) is 0 Å². The molecule has 0 bridgehead atoms. The summed E-state index contributed by atoms with van der Waals surface area (Å²) in [4.78, 5) is 0.182. The lowest BCUT2D eigenvalue weighted by atomic mass is 10.2. The van der Waals surface area contributed by atoms with Crippen LogP contribution in [0.25, 0.3) is 0 Å². The van der Waals surface area contributed by atoms with Crippen LogP contribution in [0, 0.1) is 5.92 Å². The van der Waals surface area contributed by atoms with Crippen LogP contribution in [-0.4, -0.2) is 45.2 Å². The molecule has 8 heteroatoms. The number of sulfonamides is 1. The molecule has 1 aromatic rings. The molecule has 2 rings (SSSR count). The number of hydrogen-bond acceptors (Lipinski definition) is 4. The van der Waals surface area contributed by atoms with Gasteiger partial charge in [0.25, 0.3) is 0 Å². The van der Waals surface area contributed by atoms with Crippen molar-refractivity contribution in [3.63, 3.8) is 0 Å². The van der Waals surface area contributed by atoms with Gasteiger partial charge in [-0.3, -0.25) is 0 Å². The third-order valence-electron chi connectivity index (χ3n) is 3.87. The Morgan fingerprint density at radius 3 is 2.48 bits per heavy atom. The predicted octanol–water partition coefficient (Wildman–Crippen LogP) is 2.67. The van der Waals surface area contributed by atoms with Gasteiger partial charge < -0.3 is 0 Å². The lowest BCUT2D eigenvalue weighted by Crippen LogP contribution is -2.46. The Hall–Kier alpha value is -0.440. The summed E-state index contributed by atoms with van der Waals surface area (Å²) in [5, 5.41) is -0.615. The summed E-state index contributed by atoms with van der Waals surface area (Å²) in [6.45, 7) is 4.11. The molecule has 5 nitrogen and oxygen atoms in total. The molecule has 0 spiro atoms. The van der Waals surface area contributed by atoms with Crippen molar-refractivity contribution in [1.82, 2.24) is 4.31 Å². The molecule has 0 amide bonds. The summed E-state index contributed by atoms with van der Waals surface area (Å²) in [6.07, 6.45) is 1.09. The van der Waals surface area contributed by atoms with Crippen LogP contribution in [0.5, 0.6) is 0 Å². The normalized spacial score (nSPS) is 20.8. The number of piperidine rings is 1. The average molecular weight is 424 g/mol. The molecule has 1 atom stereocenters. The van der Waals surface area contributed by atoms with Crippen LogP contribution in [0.2, 0.25) is 0 Å². The van der Waals surface area contributed by atoms with E-state index in [2.05, 4.69) is 15.9 Å². The van der Waals surface area contributed by atoms with Crippen LogP contribution in [0.4, 0.5) is 0 Å². The molecule has 0 unspecified atom stereocenters. The van der Waals surface area contributed by atoms with Gasteiger partial charge >= 0.3 is 0 Å². The van der Waals surface area contributed by atoms with Gasteiger partial charge in [-0.05, 0) is 46.8 Å². The zero-order valence-corrected chi connectivity index (χ0v) is 16.5. The molecule has 0 N–H and O–H groups in total. The lowest BCUT2D eigenvalue weighted by Gasteiger charge is -2.32. The summed E-state index contributed by atoms with van der Waals surface area (Å²) in [7, 11) is -6.98. The molecule has 1 aliphatic rings. The quantitative estimate of drug-likeness (QED) is 0.729. The highest BCUT2D eigenvalue weighted by Gasteiger charge is 2.36. The van der Waals surface area contributed by atoms with Crippen molar-refractivity contribution in [3.05, 3.63) is 28.7 Å². The molecule has 0 radical (unpaired) electrons. The Kier molecular flexibility index (Phi) is 5.92. The van der Waals surface area contributed by atoms with Gasteiger partial charge in [0, 0.05) is 17.6 Å². The fourth-order valence-corrected chi connectivity index (χ4v) is 7.53. The average Bonchev–Trinajstić information content (AvgIpc) is 2.46. The second-order valence-corrected chi connectivity index (χ2v) is 11.4. The number of hydrogen-bond donors (Lipinski definition) is 0. The number of nitrogens with zero attached hydrogens (tertiary/aromatic N) is 1. The van der Waals surface area contributed by atoms with Crippen LogP contribution in [0.15, 0.2) is 33.6 Å². The fraction of sp³-hybridized carbons (Fsp3) is 0.600. The third-order valence-corrected chi connectivity index (χ3v) is 9.28. The van der Waals surface area contributed by atoms with Gasteiger partial charge in [-0.25, -0.2) is 16.8 Å². The van der Waals surface area contributed by atoms with E-state index in [-0.39, 0.29) is 23.1 Å². The topological polar surface area (TPSA) is 71.5 Å². The maximum atomic E-state index is 12.8. The SMILES string of the molecule is CC(C)CS(=O)(=O)[C@@H]1CCCN(S(=O)(=O)c2ccccc2Br)C1. The van der Waals surface area contributed by atoms with E-state index in [0.29, 0.717) is 23.9 Å². The van der Waals surface area contributed by atoms with E-state index < -0.39 is 25.1 Å². The zero-order chi connectivity index (χ0) is 17.3. The first-order chi connectivity index (χ1) is 10.6. The summed E-state index contributed by atoms with van der Waals surface area (Å²) < 4.78 is 52.3. The maximum absolute atomic E-state index is 12.8. The smallest absolute Gasteiger partial charge is 0.228 e. The Balaban J connectivity index is 2.26. The predicted molar refractivity (Wildman–Crippen MR) is 94.5 cm³/mol. The monoisotopic (exact) mass is 423 g/mol. The van der Waals surface area contributed by atoms with Gasteiger partial charge in [-0.1, -0.05) is 26.0 Å². The molecule has 0 aliphatic carbocycles. The largest absolute Gasteiger partial charge is 0.244 e. The minimum Gasteiger partial charge on any atom is -0.228 e. The summed E-state index contributed by atoms with van der Waals surface area (Å²) in [5.74, 6) is 0.135. The van der Waals surface area contributed by atoms with Gasteiger partial charge in [0.2, 0.25) is 10.0 Å². The first-order valence-electron chi connectivity index (χ1n) is 7.61. The van der Waals surface area contributed by atoms with Gasteiger partial charge in [-0.2, -0.15) is 4.31 Å². The fourth-order valence-electron chi connectivity index (χ4n) is 2.81. The number of halogens is 1. The number of sulfone groups is 1. The van der Waals surface area contributed by atoms with Crippen molar-refractivity contribution in [2.24, 2.45) is 5.92 Å². The maximum Gasteiger partial charge on any atom is 0.244 e. The van der Waals surface area contributed by atoms with Crippen molar-refractivity contribution in [2.45, 2.75) is 36.8 Å². The summed E-state index contributed by atoms with van der Waals surface area (Å²) >= 11 is 3.26. The molecule has 1 saturated heterocycles. The van der Waals surface area contributed by atoms with Crippen molar-refractivity contribution >= 4 is 35.8 Å². The van der Waals surface area contributed by atoms with Gasteiger partial charge in [-0.15, -0.1) is 0 Å². The molecule has 23 heavy (non-hydrogen) atoms. The molecule has 1 fully saturated rings. The molecule has 0 saturated carbocycles. The molecule has 130 valence electrons. The van der Waals surface area contributed by atoms with Crippen LogP contribution >= 0.6 is 15.9 Å².